The van der Waals surface area contributed by atoms with Crippen LogP contribution in [0.1, 0.15) is 43.1 Å². The molecule has 0 atom stereocenters. The van der Waals surface area contributed by atoms with E-state index in [1.54, 1.807) is 5.57 Å². The Bertz CT molecular complexity index is 508. The Morgan fingerprint density at radius 2 is 2.00 bits per heavy atom. The van der Waals surface area contributed by atoms with E-state index in [0.29, 0.717) is 0 Å². The summed E-state index contributed by atoms with van der Waals surface area (Å²) in [7, 11) is 0. The minimum Gasteiger partial charge on any atom is -0.367 e. The minimum atomic E-state index is 0.281. The monoisotopic (exact) mass is 257 g/mol. The summed E-state index contributed by atoms with van der Waals surface area (Å²) in [4.78, 5) is 13.2. The lowest BCUT2D eigenvalue weighted by atomic mass is 9.83. The van der Waals surface area contributed by atoms with Gasteiger partial charge in [-0.2, -0.15) is 0 Å². The highest BCUT2D eigenvalue weighted by Gasteiger charge is 2.21. The maximum atomic E-state index is 10.8. The molecule has 1 aliphatic heterocycles. The third-order valence-corrected chi connectivity index (χ3v) is 3.92. The van der Waals surface area contributed by atoms with Crippen molar-refractivity contribution < 1.29 is 4.79 Å². The molecule has 0 amide bonds. The van der Waals surface area contributed by atoms with E-state index >= 15 is 0 Å². The molecule has 0 spiro atoms. The summed E-state index contributed by atoms with van der Waals surface area (Å²) in [5.41, 5.74) is 4.88. The second-order valence-electron chi connectivity index (χ2n) is 6.33. The van der Waals surface area contributed by atoms with Gasteiger partial charge in [0.1, 0.15) is 6.29 Å². The Morgan fingerprint density at radius 3 is 2.47 bits per heavy atom. The van der Waals surface area contributed by atoms with Crippen LogP contribution in [0, 0.1) is 12.3 Å². The van der Waals surface area contributed by atoms with E-state index in [0.717, 1.165) is 36.9 Å². The van der Waals surface area contributed by atoms with Crippen molar-refractivity contribution in [2.24, 2.45) is 5.41 Å². The number of aldehydes is 1. The molecule has 19 heavy (non-hydrogen) atoms. The number of anilines is 1. The molecule has 0 unspecified atom stereocenters. The Balaban J connectivity index is 2.16. The summed E-state index contributed by atoms with van der Waals surface area (Å²) in [6.45, 7) is 10.8. The van der Waals surface area contributed by atoms with Gasteiger partial charge in [-0.1, -0.05) is 32.4 Å². The molecule has 0 fully saturated rings. The lowest BCUT2D eigenvalue weighted by Crippen LogP contribution is -2.31. The first-order chi connectivity index (χ1) is 8.91. The van der Waals surface area contributed by atoms with Crippen LogP contribution in [-0.2, 0) is 0 Å². The van der Waals surface area contributed by atoms with Crippen molar-refractivity contribution in [1.82, 2.24) is 0 Å². The van der Waals surface area contributed by atoms with Gasteiger partial charge in [0.2, 0.25) is 0 Å². The van der Waals surface area contributed by atoms with Gasteiger partial charge in [0, 0.05) is 24.3 Å². The predicted octanol–water partition coefficient (Wildman–Crippen LogP) is 3.99. The van der Waals surface area contributed by atoms with Crippen molar-refractivity contribution in [2.75, 3.05) is 18.0 Å². The molecule has 2 rings (SSSR count). The van der Waals surface area contributed by atoms with Crippen LogP contribution in [0.5, 0.6) is 0 Å². The molecule has 102 valence electrons. The Kier molecular flexibility index (Phi) is 3.79. The molecule has 0 radical (unpaired) electrons. The van der Waals surface area contributed by atoms with Crippen LogP contribution in [0.3, 0.4) is 0 Å². The van der Waals surface area contributed by atoms with Gasteiger partial charge < -0.3 is 4.90 Å². The molecule has 0 saturated heterocycles. The quantitative estimate of drug-likeness (QED) is 0.590. The van der Waals surface area contributed by atoms with Crippen molar-refractivity contribution in [3.8, 4) is 0 Å². The van der Waals surface area contributed by atoms with E-state index in [-0.39, 0.29) is 5.41 Å². The lowest BCUT2D eigenvalue weighted by molar-refractivity contribution is 0.112. The molecule has 0 N–H and O–H groups in total. The van der Waals surface area contributed by atoms with Crippen molar-refractivity contribution in [2.45, 2.75) is 34.1 Å². The van der Waals surface area contributed by atoms with E-state index in [4.69, 9.17) is 0 Å². The van der Waals surface area contributed by atoms with E-state index in [1.165, 1.54) is 5.69 Å². The van der Waals surface area contributed by atoms with E-state index < -0.39 is 0 Å². The number of hydrogen-bond donors (Lipinski definition) is 0. The molecular weight excluding hydrogens is 234 g/mol. The largest absolute Gasteiger partial charge is 0.367 e. The van der Waals surface area contributed by atoms with Crippen LogP contribution in [0.15, 0.2) is 29.8 Å². The van der Waals surface area contributed by atoms with Gasteiger partial charge in [0.15, 0.2) is 0 Å². The first-order valence-corrected chi connectivity index (χ1v) is 6.92. The van der Waals surface area contributed by atoms with Crippen molar-refractivity contribution in [3.05, 3.63) is 41.0 Å². The van der Waals surface area contributed by atoms with E-state index in [2.05, 4.69) is 37.8 Å². The number of aryl methyl sites for hydroxylation is 1. The fourth-order valence-electron chi connectivity index (χ4n) is 2.57. The second-order valence-corrected chi connectivity index (χ2v) is 6.33. The zero-order valence-corrected chi connectivity index (χ0v) is 12.4. The predicted molar refractivity (Wildman–Crippen MR) is 80.9 cm³/mol. The first kappa shape index (κ1) is 13.9. The average molecular weight is 257 g/mol. The summed E-state index contributed by atoms with van der Waals surface area (Å²) >= 11 is 0. The zero-order chi connectivity index (χ0) is 14.0. The van der Waals surface area contributed by atoms with Crippen LogP contribution in [0.4, 0.5) is 5.69 Å². The van der Waals surface area contributed by atoms with Gasteiger partial charge in [-0.05, 0) is 42.5 Å². The molecule has 1 aromatic carbocycles. The van der Waals surface area contributed by atoms with Crippen molar-refractivity contribution >= 4 is 12.0 Å². The number of carbonyl (C=O) groups excluding carboxylic acids is 1. The molecule has 0 aromatic heterocycles. The number of hydrogen-bond acceptors (Lipinski definition) is 2. The van der Waals surface area contributed by atoms with Crippen LogP contribution in [-0.4, -0.2) is 19.4 Å². The van der Waals surface area contributed by atoms with Crippen molar-refractivity contribution in [1.29, 1.82) is 0 Å². The van der Waals surface area contributed by atoms with Gasteiger partial charge in [0.05, 0.1) is 0 Å². The molecule has 1 heterocycles. The van der Waals surface area contributed by atoms with Gasteiger partial charge in [-0.15, -0.1) is 0 Å². The molecule has 0 saturated carbocycles. The standard InChI is InChI=1S/C17H23NO/c1-13-11-16(6-5-14(13)12-19)18-9-7-15(8-10-18)17(2,3)4/h5-7,11-12H,8-10H2,1-4H3. The Labute approximate surface area is 116 Å². The minimum absolute atomic E-state index is 0.281. The summed E-state index contributed by atoms with van der Waals surface area (Å²) in [6.07, 6.45) is 4.40. The fraction of sp³-hybridized carbons (Fsp3) is 0.471. The second kappa shape index (κ2) is 5.20. The number of rotatable bonds is 2. The smallest absolute Gasteiger partial charge is 0.150 e. The van der Waals surface area contributed by atoms with Crippen LogP contribution >= 0.6 is 0 Å². The fourth-order valence-corrected chi connectivity index (χ4v) is 2.57. The highest BCUT2D eigenvalue weighted by atomic mass is 16.1. The summed E-state index contributed by atoms with van der Waals surface area (Å²) in [6, 6.07) is 6.08. The van der Waals surface area contributed by atoms with Crippen LogP contribution in [0.2, 0.25) is 0 Å². The maximum absolute atomic E-state index is 10.8. The highest BCUT2D eigenvalue weighted by molar-refractivity contribution is 5.78. The average Bonchev–Trinajstić information content (AvgIpc) is 2.38. The molecule has 0 bridgehead atoms. The Hall–Kier alpha value is -1.57. The van der Waals surface area contributed by atoms with Crippen LogP contribution < -0.4 is 4.90 Å². The molecule has 0 aliphatic carbocycles. The molecule has 2 heteroatoms. The van der Waals surface area contributed by atoms with Crippen LogP contribution in [0.25, 0.3) is 0 Å². The number of nitrogens with zero attached hydrogens (tertiary/aromatic N) is 1. The molecule has 1 aliphatic rings. The summed E-state index contributed by atoms with van der Waals surface area (Å²) < 4.78 is 0. The van der Waals surface area contributed by atoms with Crippen molar-refractivity contribution in [3.63, 3.8) is 0 Å². The molecule has 1 aromatic rings. The summed E-state index contributed by atoms with van der Waals surface area (Å²) in [5.74, 6) is 0. The van der Waals surface area contributed by atoms with E-state index in [9.17, 15) is 4.79 Å². The number of benzene rings is 1. The van der Waals surface area contributed by atoms with Gasteiger partial charge >= 0.3 is 0 Å². The van der Waals surface area contributed by atoms with Gasteiger partial charge in [-0.3, -0.25) is 4.79 Å². The van der Waals surface area contributed by atoms with Gasteiger partial charge in [-0.25, -0.2) is 0 Å². The van der Waals surface area contributed by atoms with E-state index in [1.807, 2.05) is 19.1 Å². The number of carbonyl (C=O) groups is 1. The molecular formula is C17H23NO. The highest BCUT2D eigenvalue weighted by Crippen LogP contribution is 2.31. The first-order valence-electron chi connectivity index (χ1n) is 6.92. The third-order valence-electron chi connectivity index (χ3n) is 3.92. The third kappa shape index (κ3) is 3.06. The topological polar surface area (TPSA) is 20.3 Å². The molecule has 2 nitrogen and oxygen atoms in total. The lowest BCUT2D eigenvalue weighted by Gasteiger charge is -2.33. The summed E-state index contributed by atoms with van der Waals surface area (Å²) in [5, 5.41) is 0. The Morgan fingerprint density at radius 1 is 1.26 bits per heavy atom. The maximum Gasteiger partial charge on any atom is 0.150 e. The SMILES string of the molecule is Cc1cc(N2CC=C(C(C)(C)C)CC2)ccc1C=O. The normalized spacial score (nSPS) is 16.2. The van der Waals surface area contributed by atoms with Gasteiger partial charge in [0.25, 0.3) is 0 Å². The zero-order valence-electron chi connectivity index (χ0n) is 12.4.